The number of rotatable bonds is 6. The number of nitro benzene ring substituents is 1. The molecule has 2 aromatic heterocycles. The van der Waals surface area contributed by atoms with Crippen molar-refractivity contribution in [1.29, 1.82) is 0 Å². The number of carbonyl (C=O) groups is 1. The number of benzene rings is 1. The van der Waals surface area contributed by atoms with E-state index in [0.717, 1.165) is 21.6 Å². The maximum Gasteiger partial charge on any atom is 0.270 e. The zero-order chi connectivity index (χ0) is 21.1. The van der Waals surface area contributed by atoms with Gasteiger partial charge in [0.05, 0.1) is 37.6 Å². The number of amides is 1. The van der Waals surface area contributed by atoms with Crippen molar-refractivity contribution in [3.8, 4) is 10.6 Å². The molecule has 0 saturated carbocycles. The highest BCUT2D eigenvalue weighted by Crippen LogP contribution is 2.27. The Bertz CT molecular complexity index is 1160. The predicted octanol–water partition coefficient (Wildman–Crippen LogP) is 2.98. The number of nitrogens with one attached hydrogen (secondary N) is 1. The van der Waals surface area contributed by atoms with Gasteiger partial charge in [0, 0.05) is 24.7 Å². The molecule has 1 N–H and O–H groups in total. The molecule has 0 spiro atoms. The molecule has 0 aliphatic heterocycles. The lowest BCUT2D eigenvalue weighted by atomic mass is 10.2. The Labute approximate surface area is 174 Å². The quantitative estimate of drug-likeness (QED) is 0.471. The van der Waals surface area contributed by atoms with E-state index in [1.54, 1.807) is 6.07 Å². The number of hydrogen-bond donors (Lipinski definition) is 1. The molecule has 0 aliphatic rings. The summed E-state index contributed by atoms with van der Waals surface area (Å²) < 4.78 is 1.25. The van der Waals surface area contributed by atoms with Crippen molar-refractivity contribution in [3.63, 3.8) is 0 Å². The molecule has 29 heavy (non-hydrogen) atoms. The monoisotopic (exact) mass is 433 g/mol. The third-order valence-corrected chi connectivity index (χ3v) is 5.44. The van der Waals surface area contributed by atoms with E-state index in [1.807, 2.05) is 13.8 Å². The molecular formula is C18H16ClN5O4S. The van der Waals surface area contributed by atoms with E-state index in [2.05, 4.69) is 15.4 Å². The average Bonchev–Trinajstić information content (AvgIpc) is 3.01. The topological polar surface area (TPSA) is 120 Å². The SMILES string of the molecule is Cc1nc(C)c(-c2ccc(=O)n(CCNC(=O)c3cc([N+](=O)[O-])ccc3Cl)n2)s1. The second-order valence-corrected chi connectivity index (χ2v) is 7.71. The van der Waals surface area contributed by atoms with Gasteiger partial charge in [0.25, 0.3) is 17.2 Å². The standard InChI is InChI=1S/C18H16ClN5O4S/c1-10-17(29-11(2)21-10)15-5-6-16(25)23(22-15)8-7-20-18(26)13-9-12(24(27)28)3-4-14(13)19/h3-6,9H,7-8H2,1-2H3,(H,20,26). The van der Waals surface area contributed by atoms with Crippen molar-refractivity contribution in [2.75, 3.05) is 6.54 Å². The predicted molar refractivity (Wildman–Crippen MR) is 110 cm³/mol. The van der Waals surface area contributed by atoms with E-state index in [9.17, 15) is 19.7 Å². The molecule has 150 valence electrons. The highest BCUT2D eigenvalue weighted by atomic mass is 35.5. The molecule has 1 amide bonds. The minimum atomic E-state index is -0.606. The molecular weight excluding hydrogens is 418 g/mol. The molecule has 0 atom stereocenters. The average molecular weight is 434 g/mol. The van der Waals surface area contributed by atoms with Crippen LogP contribution in [0.4, 0.5) is 5.69 Å². The van der Waals surface area contributed by atoms with E-state index in [1.165, 1.54) is 34.2 Å². The van der Waals surface area contributed by atoms with Crippen molar-refractivity contribution in [2.24, 2.45) is 0 Å². The number of aryl methyl sites for hydroxylation is 2. The van der Waals surface area contributed by atoms with E-state index in [4.69, 9.17) is 11.6 Å². The normalized spacial score (nSPS) is 10.7. The lowest BCUT2D eigenvalue weighted by molar-refractivity contribution is -0.384. The Balaban J connectivity index is 1.72. The second-order valence-electron chi connectivity index (χ2n) is 6.10. The van der Waals surface area contributed by atoms with Gasteiger partial charge >= 0.3 is 0 Å². The molecule has 0 radical (unpaired) electrons. The highest BCUT2D eigenvalue weighted by Gasteiger charge is 2.16. The molecule has 3 rings (SSSR count). The van der Waals surface area contributed by atoms with Gasteiger partial charge in [-0.3, -0.25) is 19.7 Å². The van der Waals surface area contributed by atoms with Crippen LogP contribution < -0.4 is 10.9 Å². The zero-order valence-corrected chi connectivity index (χ0v) is 17.1. The molecule has 9 nitrogen and oxygen atoms in total. The first kappa shape index (κ1) is 20.6. The Morgan fingerprint density at radius 3 is 2.72 bits per heavy atom. The van der Waals surface area contributed by atoms with Gasteiger partial charge in [-0.05, 0) is 26.0 Å². The highest BCUT2D eigenvalue weighted by molar-refractivity contribution is 7.15. The Hall–Kier alpha value is -3.11. The van der Waals surface area contributed by atoms with E-state index < -0.39 is 10.8 Å². The van der Waals surface area contributed by atoms with Gasteiger partial charge < -0.3 is 5.32 Å². The summed E-state index contributed by atoms with van der Waals surface area (Å²) >= 11 is 7.45. The van der Waals surface area contributed by atoms with Crippen LogP contribution in [0.15, 0.2) is 35.1 Å². The number of thiazole rings is 1. The van der Waals surface area contributed by atoms with Crippen LogP contribution in [0.25, 0.3) is 10.6 Å². The van der Waals surface area contributed by atoms with Gasteiger partial charge in [-0.2, -0.15) is 5.10 Å². The van der Waals surface area contributed by atoms with Crippen LogP contribution in [-0.4, -0.2) is 32.1 Å². The Morgan fingerprint density at radius 1 is 1.31 bits per heavy atom. The van der Waals surface area contributed by atoms with Gasteiger partial charge in [-0.1, -0.05) is 11.6 Å². The van der Waals surface area contributed by atoms with Crippen molar-refractivity contribution in [1.82, 2.24) is 20.1 Å². The minimum absolute atomic E-state index is 0.00863. The molecule has 11 heteroatoms. The zero-order valence-electron chi connectivity index (χ0n) is 15.5. The van der Waals surface area contributed by atoms with E-state index in [-0.39, 0.29) is 34.9 Å². The third kappa shape index (κ3) is 4.66. The molecule has 0 aliphatic carbocycles. The van der Waals surface area contributed by atoms with Crippen LogP contribution in [0.1, 0.15) is 21.1 Å². The van der Waals surface area contributed by atoms with Crippen LogP contribution in [0.2, 0.25) is 5.02 Å². The molecule has 0 unspecified atom stereocenters. The number of carbonyl (C=O) groups excluding carboxylic acids is 1. The molecule has 0 fully saturated rings. The number of nitrogens with zero attached hydrogens (tertiary/aromatic N) is 4. The molecule has 2 heterocycles. The van der Waals surface area contributed by atoms with Crippen molar-refractivity contribution in [3.05, 3.63) is 72.1 Å². The van der Waals surface area contributed by atoms with Crippen LogP contribution in [0.5, 0.6) is 0 Å². The molecule has 1 aromatic carbocycles. The number of hydrogen-bond acceptors (Lipinski definition) is 7. The number of nitro groups is 1. The molecule has 0 saturated heterocycles. The summed E-state index contributed by atoms with van der Waals surface area (Å²) in [7, 11) is 0. The fourth-order valence-electron chi connectivity index (χ4n) is 2.67. The Kier molecular flexibility index (Phi) is 6.04. The van der Waals surface area contributed by atoms with Crippen LogP contribution in [0.3, 0.4) is 0 Å². The van der Waals surface area contributed by atoms with Gasteiger partial charge in [0.2, 0.25) is 0 Å². The first-order valence-electron chi connectivity index (χ1n) is 8.51. The smallest absolute Gasteiger partial charge is 0.270 e. The number of aromatic nitrogens is 3. The summed E-state index contributed by atoms with van der Waals surface area (Å²) in [5.41, 5.74) is 0.904. The number of halogens is 1. The van der Waals surface area contributed by atoms with Gasteiger partial charge in [0.1, 0.15) is 5.69 Å². The summed E-state index contributed by atoms with van der Waals surface area (Å²) in [4.78, 5) is 39.9. The van der Waals surface area contributed by atoms with Gasteiger partial charge in [-0.25, -0.2) is 9.67 Å². The van der Waals surface area contributed by atoms with E-state index >= 15 is 0 Å². The summed E-state index contributed by atoms with van der Waals surface area (Å²) in [5.74, 6) is -0.572. The first-order chi connectivity index (χ1) is 13.8. The maximum absolute atomic E-state index is 12.3. The fourth-order valence-corrected chi connectivity index (χ4v) is 3.76. The third-order valence-electron chi connectivity index (χ3n) is 4.02. The van der Waals surface area contributed by atoms with Crippen LogP contribution >= 0.6 is 22.9 Å². The lowest BCUT2D eigenvalue weighted by Crippen LogP contribution is -2.32. The first-order valence-corrected chi connectivity index (χ1v) is 9.70. The lowest BCUT2D eigenvalue weighted by Gasteiger charge is -2.09. The van der Waals surface area contributed by atoms with Gasteiger partial charge in [-0.15, -0.1) is 11.3 Å². The molecule has 0 bridgehead atoms. The van der Waals surface area contributed by atoms with Crippen LogP contribution in [-0.2, 0) is 6.54 Å². The Morgan fingerprint density at radius 2 is 2.07 bits per heavy atom. The summed E-state index contributed by atoms with van der Waals surface area (Å²) in [5, 5.41) is 18.8. The van der Waals surface area contributed by atoms with Crippen molar-refractivity contribution >= 4 is 34.5 Å². The minimum Gasteiger partial charge on any atom is -0.350 e. The van der Waals surface area contributed by atoms with Gasteiger partial charge in [0.15, 0.2) is 0 Å². The summed E-state index contributed by atoms with van der Waals surface area (Å²) in [6.07, 6.45) is 0. The fraction of sp³-hybridized carbons (Fsp3) is 0.222. The largest absolute Gasteiger partial charge is 0.350 e. The van der Waals surface area contributed by atoms with Crippen molar-refractivity contribution in [2.45, 2.75) is 20.4 Å². The summed E-state index contributed by atoms with van der Waals surface area (Å²) in [6, 6.07) is 6.68. The number of non-ortho nitro benzene ring substituents is 1. The second kappa shape index (κ2) is 8.50. The molecule has 3 aromatic rings. The summed E-state index contributed by atoms with van der Waals surface area (Å²) in [6.45, 7) is 3.99. The maximum atomic E-state index is 12.3. The van der Waals surface area contributed by atoms with Crippen molar-refractivity contribution < 1.29 is 9.72 Å². The van der Waals surface area contributed by atoms with Crippen LogP contribution in [0, 0.1) is 24.0 Å². The van der Waals surface area contributed by atoms with E-state index in [0.29, 0.717) is 5.69 Å².